The Bertz CT molecular complexity index is 1760. The Morgan fingerprint density at radius 2 is 1.79 bits per heavy atom. The van der Waals surface area contributed by atoms with Gasteiger partial charge < -0.3 is 10.2 Å². The van der Waals surface area contributed by atoms with Crippen LogP contribution in [0, 0.1) is 6.92 Å². The van der Waals surface area contributed by atoms with Gasteiger partial charge in [-0.3, -0.25) is 10.1 Å². The Morgan fingerprint density at radius 3 is 2.60 bits per heavy atom. The van der Waals surface area contributed by atoms with Gasteiger partial charge in [-0.25, -0.2) is 15.0 Å². The first-order valence-corrected chi connectivity index (χ1v) is 14.7. The van der Waals surface area contributed by atoms with Gasteiger partial charge in [0.1, 0.15) is 0 Å². The highest BCUT2D eigenvalue weighted by Gasteiger charge is 2.30. The smallest absolute Gasteiger partial charge is 0.353 e. The number of alkyl halides is 3. The predicted molar refractivity (Wildman–Crippen MR) is 161 cm³/mol. The van der Waals surface area contributed by atoms with Crippen LogP contribution >= 0.6 is 11.3 Å². The number of aromatic nitrogens is 3. The normalized spacial score (nSPS) is 14.4. The summed E-state index contributed by atoms with van der Waals surface area (Å²) < 4.78 is 39.6. The van der Waals surface area contributed by atoms with Gasteiger partial charge in [-0.2, -0.15) is 13.2 Å². The molecule has 11 heteroatoms. The van der Waals surface area contributed by atoms with E-state index in [1.807, 2.05) is 31.2 Å². The number of nitrogens with zero attached hydrogens (tertiary/aromatic N) is 4. The van der Waals surface area contributed by atoms with Gasteiger partial charge in [-0.1, -0.05) is 29.9 Å². The standard InChI is InChI=1S/C31H29F3N6OS/c1-19-5-6-21(28(41)39-30-38-26-10-8-23(31(32,33)34)17-27(26)42-30)16-24(19)20-7-9-25-22(15-20)18-36-29(37-25)35-11-14-40-12-3-2-4-13-40/h5-10,15-18H,2-4,11-14H2,1H3,(H,35,36,37)(H,38,39,41). The Labute approximate surface area is 244 Å². The van der Waals surface area contributed by atoms with Crippen LogP contribution in [0.25, 0.3) is 32.2 Å². The van der Waals surface area contributed by atoms with Crippen molar-refractivity contribution in [3.63, 3.8) is 0 Å². The summed E-state index contributed by atoms with van der Waals surface area (Å²) in [4.78, 5) is 29.0. The van der Waals surface area contributed by atoms with E-state index < -0.39 is 17.6 Å². The molecule has 7 nitrogen and oxygen atoms in total. The van der Waals surface area contributed by atoms with Crippen molar-refractivity contribution in [3.8, 4) is 11.1 Å². The molecule has 1 fully saturated rings. The maximum Gasteiger partial charge on any atom is 0.416 e. The molecule has 5 aromatic rings. The minimum Gasteiger partial charge on any atom is -0.353 e. The van der Waals surface area contributed by atoms with Crippen LogP contribution in [-0.4, -0.2) is 51.9 Å². The van der Waals surface area contributed by atoms with Gasteiger partial charge in [0.15, 0.2) is 5.13 Å². The fourth-order valence-electron chi connectivity index (χ4n) is 5.19. The summed E-state index contributed by atoms with van der Waals surface area (Å²) in [6.45, 7) is 6.04. The van der Waals surface area contributed by atoms with Gasteiger partial charge in [-0.05, 0) is 92.0 Å². The van der Waals surface area contributed by atoms with E-state index in [0.29, 0.717) is 21.7 Å². The van der Waals surface area contributed by atoms with E-state index in [1.165, 1.54) is 25.3 Å². The fraction of sp³-hybridized carbons (Fsp3) is 0.290. The summed E-state index contributed by atoms with van der Waals surface area (Å²) in [6, 6.07) is 14.7. The van der Waals surface area contributed by atoms with E-state index >= 15 is 0 Å². The molecule has 0 spiro atoms. The molecule has 1 aliphatic heterocycles. The number of piperidine rings is 1. The first kappa shape index (κ1) is 28.0. The number of nitrogens with one attached hydrogen (secondary N) is 2. The highest BCUT2D eigenvalue weighted by atomic mass is 32.1. The lowest BCUT2D eigenvalue weighted by Gasteiger charge is -2.26. The predicted octanol–water partition coefficient (Wildman–Crippen LogP) is 7.38. The van der Waals surface area contributed by atoms with Crippen molar-refractivity contribution < 1.29 is 18.0 Å². The van der Waals surface area contributed by atoms with E-state index in [9.17, 15) is 18.0 Å². The molecular formula is C31H29F3N6OS. The van der Waals surface area contributed by atoms with Crippen LogP contribution in [0.15, 0.2) is 60.8 Å². The zero-order valence-electron chi connectivity index (χ0n) is 23.0. The van der Waals surface area contributed by atoms with E-state index in [2.05, 4.69) is 30.5 Å². The van der Waals surface area contributed by atoms with Crippen LogP contribution in [0.4, 0.5) is 24.3 Å². The zero-order chi connectivity index (χ0) is 29.3. The molecule has 3 aromatic carbocycles. The second kappa shape index (κ2) is 11.7. The Balaban J connectivity index is 1.17. The number of benzene rings is 3. The molecule has 0 bridgehead atoms. The number of fused-ring (bicyclic) bond motifs is 2. The quantitative estimate of drug-likeness (QED) is 0.206. The largest absolute Gasteiger partial charge is 0.416 e. The molecule has 0 aliphatic carbocycles. The van der Waals surface area contributed by atoms with Gasteiger partial charge in [0, 0.05) is 30.2 Å². The third-order valence-electron chi connectivity index (χ3n) is 7.49. The number of hydrogen-bond acceptors (Lipinski definition) is 7. The minimum absolute atomic E-state index is 0.236. The third-order valence-corrected chi connectivity index (χ3v) is 8.42. The number of carbonyl (C=O) groups excluding carboxylic acids is 1. The molecule has 1 amide bonds. The lowest BCUT2D eigenvalue weighted by atomic mass is 9.97. The van der Waals surface area contributed by atoms with Gasteiger partial charge in [0.25, 0.3) is 5.91 Å². The molecule has 3 heterocycles. The van der Waals surface area contributed by atoms with Crippen molar-refractivity contribution in [2.24, 2.45) is 0 Å². The van der Waals surface area contributed by atoms with Gasteiger partial charge in [-0.15, -0.1) is 0 Å². The van der Waals surface area contributed by atoms with Crippen LogP contribution in [0.1, 0.15) is 40.7 Å². The Hall–Kier alpha value is -4.09. The molecule has 1 aliphatic rings. The van der Waals surface area contributed by atoms with Crippen LogP contribution in [-0.2, 0) is 6.18 Å². The van der Waals surface area contributed by atoms with Crippen LogP contribution in [0.3, 0.4) is 0 Å². The van der Waals surface area contributed by atoms with Gasteiger partial charge in [0.05, 0.1) is 21.3 Å². The number of hydrogen-bond donors (Lipinski definition) is 2. The lowest BCUT2D eigenvalue weighted by molar-refractivity contribution is -0.137. The number of amides is 1. The second-order valence-corrected chi connectivity index (χ2v) is 11.5. The Kier molecular flexibility index (Phi) is 7.78. The van der Waals surface area contributed by atoms with Crippen molar-refractivity contribution in [2.45, 2.75) is 32.4 Å². The van der Waals surface area contributed by atoms with Crippen molar-refractivity contribution in [2.75, 3.05) is 36.8 Å². The summed E-state index contributed by atoms with van der Waals surface area (Å²) in [6.07, 6.45) is 1.21. The Morgan fingerprint density at radius 1 is 0.976 bits per heavy atom. The number of rotatable bonds is 7. The molecule has 0 saturated carbocycles. The zero-order valence-corrected chi connectivity index (χ0v) is 23.8. The van der Waals surface area contributed by atoms with Crippen molar-refractivity contribution in [3.05, 3.63) is 77.5 Å². The number of anilines is 2. The fourth-order valence-corrected chi connectivity index (χ4v) is 6.09. The summed E-state index contributed by atoms with van der Waals surface area (Å²) in [5.74, 6) is 0.210. The van der Waals surface area contributed by atoms with Crippen LogP contribution < -0.4 is 10.6 Å². The van der Waals surface area contributed by atoms with E-state index in [4.69, 9.17) is 0 Å². The van der Waals surface area contributed by atoms with Gasteiger partial charge in [0.2, 0.25) is 5.95 Å². The molecule has 42 heavy (non-hydrogen) atoms. The second-order valence-electron chi connectivity index (χ2n) is 10.5. The number of halogens is 3. The number of carbonyl (C=O) groups is 1. The summed E-state index contributed by atoms with van der Waals surface area (Å²) >= 11 is 1.00. The van der Waals surface area contributed by atoms with Crippen LogP contribution in [0.5, 0.6) is 0 Å². The number of thiazole rings is 1. The summed E-state index contributed by atoms with van der Waals surface area (Å²) in [7, 11) is 0. The first-order chi connectivity index (χ1) is 20.2. The lowest BCUT2D eigenvalue weighted by Crippen LogP contribution is -2.33. The maximum absolute atomic E-state index is 13.1. The molecule has 0 atom stereocenters. The molecule has 2 N–H and O–H groups in total. The molecule has 1 saturated heterocycles. The third kappa shape index (κ3) is 6.22. The highest BCUT2D eigenvalue weighted by molar-refractivity contribution is 7.22. The topological polar surface area (TPSA) is 83.0 Å². The first-order valence-electron chi connectivity index (χ1n) is 13.9. The van der Waals surface area contributed by atoms with Crippen molar-refractivity contribution in [1.82, 2.24) is 19.9 Å². The minimum atomic E-state index is -4.44. The number of aryl methyl sites for hydroxylation is 1. The van der Waals surface area contributed by atoms with Gasteiger partial charge >= 0.3 is 6.18 Å². The number of likely N-dealkylation sites (tertiary alicyclic amines) is 1. The highest BCUT2D eigenvalue weighted by Crippen LogP contribution is 2.35. The van der Waals surface area contributed by atoms with Crippen LogP contribution in [0.2, 0.25) is 0 Å². The van der Waals surface area contributed by atoms with E-state index in [1.54, 1.807) is 18.3 Å². The van der Waals surface area contributed by atoms with Crippen molar-refractivity contribution >= 4 is 49.4 Å². The average Bonchev–Trinajstić information content (AvgIpc) is 3.39. The molecule has 6 rings (SSSR count). The molecular weight excluding hydrogens is 561 g/mol. The molecule has 0 unspecified atom stereocenters. The SMILES string of the molecule is Cc1ccc(C(=O)Nc2nc3ccc(C(F)(F)F)cc3s2)cc1-c1ccc2nc(NCCN3CCCCC3)ncc2c1. The summed E-state index contributed by atoms with van der Waals surface area (Å²) in [5, 5.41) is 7.19. The monoisotopic (exact) mass is 590 g/mol. The van der Waals surface area contributed by atoms with E-state index in [0.717, 1.165) is 77.2 Å². The average molecular weight is 591 g/mol. The summed E-state index contributed by atoms with van der Waals surface area (Å²) in [5.41, 5.74) is 3.67. The molecule has 0 radical (unpaired) electrons. The maximum atomic E-state index is 13.1. The molecule has 2 aromatic heterocycles. The van der Waals surface area contributed by atoms with Crippen molar-refractivity contribution in [1.29, 1.82) is 0 Å². The molecule has 216 valence electrons. The van der Waals surface area contributed by atoms with E-state index in [-0.39, 0.29) is 5.13 Å².